The van der Waals surface area contributed by atoms with Gasteiger partial charge in [0.1, 0.15) is 6.54 Å². The molecular formula is C15H20ClN7O5. The number of amides is 1. The van der Waals surface area contributed by atoms with Crippen LogP contribution in [0.15, 0.2) is 4.52 Å². The van der Waals surface area contributed by atoms with E-state index in [0.29, 0.717) is 12.2 Å². The number of hydrogen-bond acceptors (Lipinski definition) is 9. The third kappa shape index (κ3) is 4.82. The number of morpholine rings is 1. The lowest BCUT2D eigenvalue weighted by Crippen LogP contribution is -2.38. The number of nitrogens with one attached hydrogen (secondary N) is 1. The quantitative estimate of drug-likeness (QED) is 0.374. The molecule has 1 N–H and O–H groups in total. The molecule has 2 aromatic heterocycles. The Kier molecular flexibility index (Phi) is 6.54. The van der Waals surface area contributed by atoms with Crippen molar-refractivity contribution in [2.45, 2.75) is 19.9 Å². The Hall–Kier alpha value is -2.57. The topological polar surface area (TPSA) is 141 Å². The second-order valence-electron chi connectivity index (χ2n) is 6.22. The first-order chi connectivity index (χ1) is 13.5. The van der Waals surface area contributed by atoms with Crippen LogP contribution in [-0.2, 0) is 11.3 Å². The molecule has 152 valence electrons. The highest BCUT2D eigenvalue weighted by atomic mass is 35.5. The third-order valence-corrected chi connectivity index (χ3v) is 4.73. The fraction of sp³-hybridized carbons (Fsp3) is 0.600. The first-order valence-electron chi connectivity index (χ1n) is 8.74. The number of carbonyl (C=O) groups is 1. The minimum atomic E-state index is -0.669. The Labute approximate surface area is 164 Å². The third-order valence-electron chi connectivity index (χ3n) is 4.28. The van der Waals surface area contributed by atoms with E-state index in [0.717, 1.165) is 39.3 Å². The second kappa shape index (κ2) is 9.08. The fourth-order valence-corrected chi connectivity index (χ4v) is 2.93. The molecule has 12 nitrogen and oxygen atoms in total. The predicted molar refractivity (Wildman–Crippen MR) is 96.2 cm³/mol. The molecule has 1 fully saturated rings. The summed E-state index contributed by atoms with van der Waals surface area (Å²) in [5, 5.41) is 21.1. The number of aromatic nitrogens is 4. The number of carbonyl (C=O) groups excluding carboxylic acids is 1. The van der Waals surface area contributed by atoms with Gasteiger partial charge in [-0.05, 0) is 24.8 Å². The average Bonchev–Trinajstić information content (AvgIpc) is 3.26. The lowest BCUT2D eigenvalue weighted by atomic mass is 10.3. The highest BCUT2D eigenvalue weighted by molar-refractivity contribution is 6.33. The molecule has 13 heteroatoms. The molecule has 0 aromatic carbocycles. The van der Waals surface area contributed by atoms with Gasteiger partial charge in [-0.15, -0.1) is 0 Å². The Balaban J connectivity index is 1.50. The zero-order valence-electron chi connectivity index (χ0n) is 15.3. The molecule has 3 heterocycles. The van der Waals surface area contributed by atoms with Gasteiger partial charge in [-0.3, -0.25) is 9.69 Å². The smallest absolute Gasteiger partial charge is 0.379 e. The molecule has 1 aliphatic heterocycles. The van der Waals surface area contributed by atoms with Gasteiger partial charge < -0.3 is 24.7 Å². The van der Waals surface area contributed by atoms with E-state index in [4.69, 9.17) is 20.9 Å². The van der Waals surface area contributed by atoms with E-state index < -0.39 is 16.6 Å². The molecule has 3 rings (SSSR count). The maximum atomic E-state index is 12.1. The number of nitrogens with zero attached hydrogens (tertiary/aromatic N) is 6. The van der Waals surface area contributed by atoms with Crippen molar-refractivity contribution in [2.24, 2.45) is 0 Å². The van der Waals surface area contributed by atoms with Crippen LogP contribution >= 0.6 is 11.6 Å². The molecule has 0 saturated carbocycles. The van der Waals surface area contributed by atoms with Gasteiger partial charge >= 0.3 is 17.6 Å². The summed E-state index contributed by atoms with van der Waals surface area (Å²) in [6, 6.07) is 0. The van der Waals surface area contributed by atoms with E-state index in [1.165, 1.54) is 4.68 Å². The summed E-state index contributed by atoms with van der Waals surface area (Å²) in [6.07, 6.45) is 0.793. The van der Waals surface area contributed by atoms with Crippen LogP contribution < -0.4 is 5.32 Å². The van der Waals surface area contributed by atoms with Gasteiger partial charge in [0.25, 0.3) is 0 Å². The molecule has 0 radical (unpaired) electrons. The predicted octanol–water partition coefficient (Wildman–Crippen LogP) is 0.637. The molecule has 2 aromatic rings. The van der Waals surface area contributed by atoms with Gasteiger partial charge in [-0.2, -0.15) is 9.67 Å². The van der Waals surface area contributed by atoms with Gasteiger partial charge in [0, 0.05) is 19.6 Å². The molecule has 1 amide bonds. The number of rotatable bonds is 8. The van der Waals surface area contributed by atoms with Crippen LogP contribution in [0.1, 0.15) is 28.6 Å². The van der Waals surface area contributed by atoms with Crippen LogP contribution in [0, 0.1) is 17.0 Å². The van der Waals surface area contributed by atoms with Gasteiger partial charge in [-0.1, -0.05) is 16.8 Å². The normalized spacial score (nSPS) is 14.9. The van der Waals surface area contributed by atoms with Crippen molar-refractivity contribution in [3.8, 4) is 0 Å². The fourth-order valence-electron chi connectivity index (χ4n) is 2.73. The maximum Gasteiger partial charge on any atom is 0.408 e. The Morgan fingerprint density at radius 3 is 2.82 bits per heavy atom. The second-order valence-corrected chi connectivity index (χ2v) is 6.59. The summed E-state index contributed by atoms with van der Waals surface area (Å²) in [5.41, 5.74) is 0.396. The van der Waals surface area contributed by atoms with Gasteiger partial charge in [0.2, 0.25) is 0 Å². The lowest BCUT2D eigenvalue weighted by Gasteiger charge is -2.26. The number of hydrogen-bond donors (Lipinski definition) is 1. The zero-order valence-corrected chi connectivity index (χ0v) is 16.0. The van der Waals surface area contributed by atoms with Crippen molar-refractivity contribution < 1.29 is 19.0 Å². The van der Waals surface area contributed by atoms with E-state index in [2.05, 4.69) is 25.5 Å². The van der Waals surface area contributed by atoms with E-state index >= 15 is 0 Å². The highest BCUT2D eigenvalue weighted by Crippen LogP contribution is 2.26. The number of halogens is 1. The Morgan fingerprint density at radius 1 is 1.39 bits per heavy atom. The van der Waals surface area contributed by atoms with Crippen LogP contribution in [0.2, 0.25) is 5.02 Å². The summed E-state index contributed by atoms with van der Waals surface area (Å²) >= 11 is 5.89. The van der Waals surface area contributed by atoms with Crippen LogP contribution in [0.25, 0.3) is 0 Å². The Bertz CT molecular complexity index is 846. The largest absolute Gasteiger partial charge is 0.408 e. The van der Waals surface area contributed by atoms with Crippen LogP contribution in [-0.4, -0.2) is 75.0 Å². The van der Waals surface area contributed by atoms with E-state index in [1.54, 1.807) is 6.92 Å². The molecule has 28 heavy (non-hydrogen) atoms. The van der Waals surface area contributed by atoms with Crippen molar-refractivity contribution in [1.82, 2.24) is 30.1 Å². The lowest BCUT2D eigenvalue weighted by molar-refractivity contribution is -0.389. The molecule has 0 atom stereocenters. The van der Waals surface area contributed by atoms with Crippen molar-refractivity contribution in [1.29, 1.82) is 0 Å². The van der Waals surface area contributed by atoms with Crippen LogP contribution in [0.3, 0.4) is 0 Å². The van der Waals surface area contributed by atoms with Gasteiger partial charge in [0.05, 0.1) is 24.0 Å². The molecule has 0 bridgehead atoms. The maximum absolute atomic E-state index is 12.1. The van der Waals surface area contributed by atoms with E-state index in [9.17, 15) is 14.9 Å². The standard InChI is InChI=1S/C15H20ClN7O5/c1-10-12(16)13(23(25)26)19-22(10)9-11-18-15(28-20-11)14(24)17-3-2-4-21-5-7-27-8-6-21/h2-9H2,1H3,(H,17,24). The molecular weight excluding hydrogens is 394 g/mol. The van der Waals surface area contributed by atoms with Gasteiger partial charge in [0.15, 0.2) is 10.8 Å². The van der Waals surface area contributed by atoms with Crippen LogP contribution in [0.5, 0.6) is 0 Å². The molecule has 0 unspecified atom stereocenters. The van der Waals surface area contributed by atoms with Crippen molar-refractivity contribution in [3.05, 3.63) is 32.5 Å². The SMILES string of the molecule is Cc1c(Cl)c([N+](=O)[O-])nn1Cc1noc(C(=O)NCCCN2CCOCC2)n1. The minimum absolute atomic E-state index is 0.00674. The first kappa shape index (κ1) is 20.2. The number of nitro groups is 1. The van der Waals surface area contributed by atoms with Crippen molar-refractivity contribution in [3.63, 3.8) is 0 Å². The Morgan fingerprint density at radius 2 is 2.14 bits per heavy atom. The van der Waals surface area contributed by atoms with E-state index in [1.807, 2.05) is 0 Å². The molecule has 1 aliphatic rings. The van der Waals surface area contributed by atoms with Crippen LogP contribution in [0.4, 0.5) is 5.82 Å². The summed E-state index contributed by atoms with van der Waals surface area (Å²) in [4.78, 5) is 28.6. The van der Waals surface area contributed by atoms with E-state index in [-0.39, 0.29) is 23.3 Å². The molecule has 1 saturated heterocycles. The summed E-state index contributed by atoms with van der Waals surface area (Å²) in [7, 11) is 0. The summed E-state index contributed by atoms with van der Waals surface area (Å²) in [6.45, 7) is 6.21. The van der Waals surface area contributed by atoms with Gasteiger partial charge in [-0.25, -0.2) is 0 Å². The van der Waals surface area contributed by atoms with Crippen molar-refractivity contribution in [2.75, 3.05) is 39.4 Å². The van der Waals surface area contributed by atoms with Crippen molar-refractivity contribution >= 4 is 23.3 Å². The molecule has 0 spiro atoms. The first-order valence-corrected chi connectivity index (χ1v) is 9.11. The summed E-state index contributed by atoms with van der Waals surface area (Å²) < 4.78 is 11.5. The minimum Gasteiger partial charge on any atom is -0.379 e. The molecule has 0 aliphatic carbocycles. The summed E-state index contributed by atoms with van der Waals surface area (Å²) in [5.74, 6) is -0.926. The zero-order chi connectivity index (χ0) is 20.1. The average molecular weight is 414 g/mol. The number of ether oxygens (including phenoxy) is 1. The monoisotopic (exact) mass is 413 g/mol. The highest BCUT2D eigenvalue weighted by Gasteiger charge is 2.25.